The molecular weight excluding hydrogens is 633 g/mol. The third-order valence-corrected chi connectivity index (χ3v) is 9.95. The van der Waals surface area contributed by atoms with E-state index in [4.69, 9.17) is 9.84 Å². The van der Waals surface area contributed by atoms with Gasteiger partial charge >= 0.3 is 6.03 Å². The van der Waals surface area contributed by atoms with Crippen LogP contribution in [0.25, 0.3) is 10.8 Å². The molecule has 0 spiro atoms. The van der Waals surface area contributed by atoms with E-state index in [-0.39, 0.29) is 11.4 Å². The lowest BCUT2D eigenvalue weighted by molar-refractivity contribution is 0.248. The number of aryl methyl sites for hydroxylation is 1. The van der Waals surface area contributed by atoms with Crippen molar-refractivity contribution in [2.45, 2.75) is 46.7 Å². The highest BCUT2D eigenvalue weighted by atomic mass is 31.2. The molecule has 1 unspecified atom stereocenters. The topological polar surface area (TPSA) is 121 Å². The van der Waals surface area contributed by atoms with E-state index >= 15 is 0 Å². The number of carbonyl (C=O) groups excluding carboxylic acids is 1. The smallest absolute Gasteiger partial charge is 0.320 e. The van der Waals surface area contributed by atoms with Gasteiger partial charge < -0.3 is 25.3 Å². The molecule has 4 aromatic carbocycles. The summed E-state index contributed by atoms with van der Waals surface area (Å²) in [6, 6.07) is 28.4. The fourth-order valence-corrected chi connectivity index (χ4v) is 6.45. The fourth-order valence-electron chi connectivity index (χ4n) is 5.58. The molecule has 0 bridgehead atoms. The number of anilines is 4. The second kappa shape index (κ2) is 13.7. The molecule has 1 aliphatic rings. The number of ether oxygens (including phenoxy) is 1. The lowest BCUT2D eigenvalue weighted by Gasteiger charge is -2.25. The Bertz CT molecular complexity index is 2050. The number of fused-ring (bicyclic) bond motifs is 1. The van der Waals surface area contributed by atoms with Crippen molar-refractivity contribution < 1.29 is 14.1 Å². The first-order valence-electron chi connectivity index (χ1n) is 16.4. The lowest BCUT2D eigenvalue weighted by Crippen LogP contribution is -2.45. The van der Waals surface area contributed by atoms with Crippen LogP contribution in [0.2, 0.25) is 0 Å². The number of hydrazone groups is 1. The molecule has 1 atom stereocenters. The zero-order valence-electron chi connectivity index (χ0n) is 28.7. The number of urea groups is 1. The van der Waals surface area contributed by atoms with Gasteiger partial charge in [-0.05, 0) is 73.8 Å². The highest BCUT2D eigenvalue weighted by Crippen LogP contribution is 2.37. The van der Waals surface area contributed by atoms with Crippen LogP contribution in [0, 0.1) is 5.41 Å². The number of rotatable bonds is 9. The monoisotopic (exact) mass is 675 g/mol. The summed E-state index contributed by atoms with van der Waals surface area (Å²) in [5.41, 5.74) is 4.38. The Morgan fingerprint density at radius 3 is 2.33 bits per heavy atom. The van der Waals surface area contributed by atoms with Gasteiger partial charge in [-0.25, -0.2) is 14.8 Å². The van der Waals surface area contributed by atoms with Crippen LogP contribution in [-0.2, 0) is 11.0 Å². The average molecular weight is 676 g/mol. The SMILES string of the molecule is CCc1ccc(Nc2nccc(Oc3ccc(NC(=O)NC4CC(C(C)(C)C)=NN4c4ccc(P(C)(C)=O)cc4)c4ccccc34)n2)cc1. The number of hydrogen-bond donors (Lipinski definition) is 3. The predicted molar refractivity (Wildman–Crippen MR) is 201 cm³/mol. The number of amides is 2. The summed E-state index contributed by atoms with van der Waals surface area (Å²) in [4.78, 5) is 22.4. The Hall–Kier alpha value is -5.21. The number of nitrogens with one attached hydrogen (secondary N) is 3. The van der Waals surface area contributed by atoms with Crippen molar-refractivity contribution >= 4 is 58.0 Å². The van der Waals surface area contributed by atoms with Crippen LogP contribution < -0.4 is 31.0 Å². The van der Waals surface area contributed by atoms with Gasteiger partial charge in [-0.15, -0.1) is 0 Å². The Labute approximate surface area is 287 Å². The summed E-state index contributed by atoms with van der Waals surface area (Å²) in [7, 11) is -2.40. The second-order valence-corrected chi connectivity index (χ2v) is 16.7. The van der Waals surface area contributed by atoms with Crippen LogP contribution >= 0.6 is 7.14 Å². The van der Waals surface area contributed by atoms with E-state index < -0.39 is 13.3 Å². The highest BCUT2D eigenvalue weighted by Gasteiger charge is 2.34. The third-order valence-electron chi connectivity index (χ3n) is 8.41. The van der Waals surface area contributed by atoms with Gasteiger partial charge in [0.1, 0.15) is 19.1 Å². The van der Waals surface area contributed by atoms with E-state index in [1.807, 2.05) is 77.8 Å². The van der Waals surface area contributed by atoms with Gasteiger partial charge in [0.25, 0.3) is 0 Å². The molecule has 252 valence electrons. The summed E-state index contributed by atoms with van der Waals surface area (Å²) in [5, 5.41) is 18.6. The Kier molecular flexibility index (Phi) is 9.43. The van der Waals surface area contributed by atoms with Crippen LogP contribution in [0.5, 0.6) is 11.6 Å². The molecule has 0 saturated heterocycles. The number of nitrogens with zero attached hydrogens (tertiary/aromatic N) is 4. The lowest BCUT2D eigenvalue weighted by atomic mass is 9.88. The molecule has 0 saturated carbocycles. The highest BCUT2D eigenvalue weighted by molar-refractivity contribution is 7.70. The Morgan fingerprint density at radius 1 is 0.939 bits per heavy atom. The molecule has 0 fully saturated rings. The van der Waals surface area contributed by atoms with Gasteiger partial charge in [0.2, 0.25) is 11.8 Å². The summed E-state index contributed by atoms with van der Waals surface area (Å²) < 4.78 is 18.8. The molecule has 11 heteroatoms. The summed E-state index contributed by atoms with van der Waals surface area (Å²) in [5.74, 6) is 1.40. The Morgan fingerprint density at radius 2 is 1.65 bits per heavy atom. The molecule has 3 N–H and O–H groups in total. The largest absolute Gasteiger partial charge is 0.438 e. The Balaban J connectivity index is 1.19. The van der Waals surface area contributed by atoms with Gasteiger partial charge in [0, 0.05) is 51.6 Å². The van der Waals surface area contributed by atoms with Crippen molar-refractivity contribution in [2.24, 2.45) is 10.5 Å². The molecule has 1 aliphatic heterocycles. The minimum Gasteiger partial charge on any atom is -0.438 e. The van der Waals surface area contributed by atoms with Gasteiger partial charge in [-0.2, -0.15) is 10.1 Å². The molecule has 2 heterocycles. The van der Waals surface area contributed by atoms with Crippen molar-refractivity contribution in [2.75, 3.05) is 29.0 Å². The quantitative estimate of drug-likeness (QED) is 0.134. The minimum absolute atomic E-state index is 0.180. The van der Waals surface area contributed by atoms with E-state index in [1.54, 1.807) is 25.6 Å². The van der Waals surface area contributed by atoms with Gasteiger partial charge in [-0.3, -0.25) is 0 Å². The van der Waals surface area contributed by atoms with Gasteiger partial charge in [0.05, 0.1) is 11.4 Å². The second-order valence-electron chi connectivity index (χ2n) is 13.5. The number of hydrogen-bond acceptors (Lipinski definition) is 8. The van der Waals surface area contributed by atoms with E-state index in [9.17, 15) is 9.36 Å². The minimum atomic E-state index is -2.40. The van der Waals surface area contributed by atoms with Crippen molar-refractivity contribution in [1.29, 1.82) is 0 Å². The fraction of sp³-hybridized carbons (Fsp3) is 0.263. The maximum atomic E-state index is 13.5. The maximum absolute atomic E-state index is 13.5. The van der Waals surface area contributed by atoms with E-state index in [2.05, 4.69) is 65.7 Å². The van der Waals surface area contributed by atoms with E-state index in [1.165, 1.54) is 5.56 Å². The number of benzene rings is 4. The number of aromatic nitrogens is 2. The maximum Gasteiger partial charge on any atom is 0.320 e. The van der Waals surface area contributed by atoms with E-state index in [0.29, 0.717) is 29.7 Å². The molecule has 49 heavy (non-hydrogen) atoms. The first-order chi connectivity index (χ1) is 23.4. The average Bonchev–Trinajstić information content (AvgIpc) is 3.50. The van der Waals surface area contributed by atoms with Crippen molar-refractivity contribution in [3.8, 4) is 11.6 Å². The van der Waals surface area contributed by atoms with Crippen molar-refractivity contribution in [3.63, 3.8) is 0 Å². The van der Waals surface area contributed by atoms with Crippen LogP contribution in [0.4, 0.5) is 27.8 Å². The molecular formula is C38H42N7O3P. The molecule has 2 amide bonds. The van der Waals surface area contributed by atoms with Crippen LogP contribution in [0.15, 0.2) is 102 Å². The van der Waals surface area contributed by atoms with Gasteiger partial charge in [0.15, 0.2) is 0 Å². The molecule has 0 aliphatic carbocycles. The molecule has 0 radical (unpaired) electrons. The van der Waals surface area contributed by atoms with E-state index in [0.717, 1.165) is 39.6 Å². The molecule has 10 nitrogen and oxygen atoms in total. The normalized spacial score (nSPS) is 14.8. The third kappa shape index (κ3) is 7.92. The standard InChI is InChI=1S/C38H42N7O3P/c1-7-25-12-14-26(15-13-25)40-36-39-23-22-35(43-36)48-32-21-20-31(29-10-8-9-11-30(29)32)41-37(46)42-34-24-33(38(2,3)4)44-45(34)27-16-18-28(19-17-27)49(5,6)47/h8-23,34H,7,24H2,1-6H3,(H,39,40,43)(H2,41,42,46). The number of carbonyl (C=O) groups is 1. The van der Waals surface area contributed by atoms with Crippen LogP contribution in [-0.4, -0.2) is 41.2 Å². The predicted octanol–water partition coefficient (Wildman–Crippen LogP) is 8.74. The molecule has 6 rings (SSSR count). The first kappa shape index (κ1) is 33.7. The van der Waals surface area contributed by atoms with Crippen LogP contribution in [0.1, 0.15) is 39.7 Å². The zero-order valence-corrected chi connectivity index (χ0v) is 29.6. The van der Waals surface area contributed by atoms with Gasteiger partial charge in [-0.1, -0.05) is 64.1 Å². The summed E-state index contributed by atoms with van der Waals surface area (Å²) >= 11 is 0. The molecule has 1 aromatic heterocycles. The molecule has 5 aromatic rings. The summed E-state index contributed by atoms with van der Waals surface area (Å²) in [6.07, 6.45) is 2.77. The zero-order chi connectivity index (χ0) is 34.8. The van der Waals surface area contributed by atoms with Crippen LogP contribution in [0.3, 0.4) is 0 Å². The first-order valence-corrected chi connectivity index (χ1v) is 19.0. The van der Waals surface area contributed by atoms with Crippen molar-refractivity contribution in [3.05, 3.63) is 103 Å². The summed E-state index contributed by atoms with van der Waals surface area (Å²) in [6.45, 7) is 12.0. The van der Waals surface area contributed by atoms with Crippen molar-refractivity contribution in [1.82, 2.24) is 15.3 Å².